The number of rotatable bonds is 1. The Balaban J connectivity index is 1.60. The van der Waals surface area contributed by atoms with E-state index in [1.807, 2.05) is 0 Å². The summed E-state index contributed by atoms with van der Waals surface area (Å²) in [5, 5.41) is 21.4. The minimum Gasteiger partial charge on any atom is -0.481 e. The van der Waals surface area contributed by atoms with E-state index < -0.39 is 11.4 Å². The van der Waals surface area contributed by atoms with Crippen molar-refractivity contribution in [3.63, 3.8) is 0 Å². The number of hydrogen-bond donors (Lipinski definition) is 2. The van der Waals surface area contributed by atoms with Crippen molar-refractivity contribution in [3.05, 3.63) is 11.6 Å². The van der Waals surface area contributed by atoms with Crippen molar-refractivity contribution in [3.8, 4) is 0 Å². The summed E-state index contributed by atoms with van der Waals surface area (Å²) >= 11 is 0. The van der Waals surface area contributed by atoms with E-state index in [0.717, 1.165) is 51.4 Å². The van der Waals surface area contributed by atoms with Gasteiger partial charge in [-0.1, -0.05) is 60.1 Å². The van der Waals surface area contributed by atoms with Crippen LogP contribution in [0.5, 0.6) is 0 Å². The first-order chi connectivity index (χ1) is 15.1. The molecular formula is C30H48O3. The van der Waals surface area contributed by atoms with Crippen LogP contribution >= 0.6 is 0 Å². The van der Waals surface area contributed by atoms with E-state index >= 15 is 0 Å². The third-order valence-electron chi connectivity index (χ3n) is 13.0. The predicted molar refractivity (Wildman–Crippen MR) is 133 cm³/mol. The second kappa shape index (κ2) is 6.89. The monoisotopic (exact) mass is 456 g/mol. The largest absolute Gasteiger partial charge is 0.481 e. The maximum absolute atomic E-state index is 12.8. The minimum atomic E-state index is -0.553. The Morgan fingerprint density at radius 1 is 0.879 bits per heavy atom. The van der Waals surface area contributed by atoms with Crippen molar-refractivity contribution >= 4 is 5.97 Å². The molecule has 0 amide bonds. The summed E-state index contributed by atoms with van der Waals surface area (Å²) in [7, 11) is 0. The Bertz CT molecular complexity index is 885. The first-order valence-corrected chi connectivity index (χ1v) is 13.8. The summed E-state index contributed by atoms with van der Waals surface area (Å²) in [4.78, 5) is 12.8. The van der Waals surface area contributed by atoms with Gasteiger partial charge < -0.3 is 10.2 Å². The van der Waals surface area contributed by atoms with Crippen LogP contribution in [0.15, 0.2) is 11.6 Å². The Labute approximate surface area is 201 Å². The quantitative estimate of drug-likeness (QED) is 0.409. The van der Waals surface area contributed by atoms with Gasteiger partial charge in [-0.05, 0) is 109 Å². The highest BCUT2D eigenvalue weighted by atomic mass is 16.4. The lowest BCUT2D eigenvalue weighted by atomic mass is 9.33. The van der Waals surface area contributed by atoms with Crippen LogP contribution in [0.25, 0.3) is 0 Å². The number of aliphatic hydroxyl groups excluding tert-OH is 1. The van der Waals surface area contributed by atoms with E-state index in [-0.39, 0.29) is 39.1 Å². The topological polar surface area (TPSA) is 57.5 Å². The fourth-order valence-electron chi connectivity index (χ4n) is 10.6. The molecule has 0 radical (unpaired) electrons. The lowest BCUT2D eigenvalue weighted by molar-refractivity contribution is -0.205. The van der Waals surface area contributed by atoms with Crippen molar-refractivity contribution in [2.45, 2.75) is 119 Å². The van der Waals surface area contributed by atoms with Crippen molar-refractivity contribution in [1.29, 1.82) is 0 Å². The van der Waals surface area contributed by atoms with Crippen LogP contribution in [0, 0.1) is 50.2 Å². The molecule has 0 bridgehead atoms. The summed E-state index contributed by atoms with van der Waals surface area (Å²) < 4.78 is 0. The molecule has 4 fully saturated rings. The van der Waals surface area contributed by atoms with Crippen molar-refractivity contribution in [1.82, 2.24) is 0 Å². The molecule has 0 aromatic heterocycles. The summed E-state index contributed by atoms with van der Waals surface area (Å²) in [5.74, 6) is 0.807. The molecule has 5 rings (SSSR count). The van der Waals surface area contributed by atoms with Gasteiger partial charge in [0.05, 0.1) is 11.5 Å². The Hall–Kier alpha value is -0.830. The zero-order valence-corrected chi connectivity index (χ0v) is 22.3. The highest BCUT2D eigenvalue weighted by molar-refractivity contribution is 5.76. The van der Waals surface area contributed by atoms with Crippen LogP contribution in [0.1, 0.15) is 113 Å². The van der Waals surface area contributed by atoms with Gasteiger partial charge in [-0.25, -0.2) is 0 Å². The van der Waals surface area contributed by atoms with Gasteiger partial charge in [0.25, 0.3) is 0 Å². The Kier molecular flexibility index (Phi) is 4.99. The fraction of sp³-hybridized carbons (Fsp3) is 0.900. The van der Waals surface area contributed by atoms with Crippen LogP contribution in [0.4, 0.5) is 0 Å². The van der Waals surface area contributed by atoms with E-state index in [1.165, 1.54) is 18.4 Å². The van der Waals surface area contributed by atoms with E-state index in [4.69, 9.17) is 0 Å². The molecule has 4 saturated carbocycles. The number of fused-ring (bicyclic) bond motifs is 7. The summed E-state index contributed by atoms with van der Waals surface area (Å²) in [6.07, 6.45) is 12.6. The molecule has 5 aliphatic carbocycles. The molecule has 8 atom stereocenters. The summed E-state index contributed by atoms with van der Waals surface area (Å²) in [6.45, 7) is 16.9. The molecule has 2 N–H and O–H groups in total. The number of hydrogen-bond acceptors (Lipinski definition) is 2. The molecule has 33 heavy (non-hydrogen) atoms. The summed E-state index contributed by atoms with van der Waals surface area (Å²) in [6, 6.07) is 0. The van der Waals surface area contributed by atoms with Gasteiger partial charge in [0.15, 0.2) is 0 Å². The highest BCUT2D eigenvalue weighted by Crippen LogP contribution is 2.75. The molecule has 7 unspecified atom stereocenters. The standard InChI is InChI=1S/C30H48O3/c1-25(2)14-16-30(24(32)33)17-15-28(6)19(20(30)18-25)8-9-22-27(5)12-11-23(31)26(3,4)21(27)10-13-29(22,28)7/h8,20-23,31H,9-18H2,1-7H3,(H,32,33)/t20?,21?,22?,23?,27?,28-,29?,30?/m1/s1. The number of carboxylic acids is 1. The molecule has 0 aromatic carbocycles. The zero-order chi connectivity index (χ0) is 24.2. The Morgan fingerprint density at radius 3 is 2.21 bits per heavy atom. The van der Waals surface area contributed by atoms with Crippen LogP contribution < -0.4 is 0 Å². The second-order valence-corrected chi connectivity index (χ2v) is 15.1. The van der Waals surface area contributed by atoms with Crippen LogP contribution in [-0.2, 0) is 4.79 Å². The first kappa shape index (κ1) is 23.9. The Morgan fingerprint density at radius 2 is 1.55 bits per heavy atom. The maximum atomic E-state index is 12.8. The van der Waals surface area contributed by atoms with E-state index in [2.05, 4.69) is 54.5 Å². The number of allylic oxidation sites excluding steroid dienone is 2. The first-order valence-electron chi connectivity index (χ1n) is 13.8. The maximum Gasteiger partial charge on any atom is 0.310 e. The predicted octanol–water partition coefficient (Wildman–Crippen LogP) is 7.23. The van der Waals surface area contributed by atoms with Crippen molar-refractivity contribution in [2.24, 2.45) is 50.2 Å². The van der Waals surface area contributed by atoms with E-state index in [0.29, 0.717) is 11.8 Å². The highest BCUT2D eigenvalue weighted by Gasteiger charge is 2.69. The SMILES string of the molecule is CC1(C)CCC2(C(=O)O)CC[C@]3(C)C(=CCC4C5(C)CCC(O)C(C)(C)C5CCC43C)C2C1. The average Bonchev–Trinajstić information content (AvgIpc) is 2.71. The van der Waals surface area contributed by atoms with E-state index in [1.54, 1.807) is 0 Å². The smallest absolute Gasteiger partial charge is 0.310 e. The molecule has 0 heterocycles. The van der Waals surface area contributed by atoms with Crippen molar-refractivity contribution in [2.75, 3.05) is 0 Å². The molecule has 186 valence electrons. The van der Waals surface area contributed by atoms with Crippen molar-refractivity contribution < 1.29 is 15.0 Å². The van der Waals surface area contributed by atoms with Gasteiger partial charge in [0.2, 0.25) is 0 Å². The van der Waals surface area contributed by atoms with Gasteiger partial charge >= 0.3 is 5.97 Å². The summed E-state index contributed by atoms with van der Waals surface area (Å²) in [5.41, 5.74) is 1.68. The molecule has 3 heteroatoms. The minimum absolute atomic E-state index is 0.0301. The lowest BCUT2D eigenvalue weighted by Crippen LogP contribution is -2.65. The van der Waals surface area contributed by atoms with Gasteiger partial charge in [-0.2, -0.15) is 0 Å². The normalized spacial score (nSPS) is 52.4. The third-order valence-corrected chi connectivity index (χ3v) is 13.0. The lowest BCUT2D eigenvalue weighted by Gasteiger charge is -2.71. The number of carboxylic acid groups (broad SMARTS) is 1. The molecule has 0 spiro atoms. The zero-order valence-electron chi connectivity index (χ0n) is 22.3. The number of aliphatic hydroxyl groups is 1. The number of aliphatic carboxylic acids is 1. The molecule has 5 aliphatic rings. The fourth-order valence-corrected chi connectivity index (χ4v) is 10.6. The van der Waals surface area contributed by atoms with Crippen LogP contribution in [0.3, 0.4) is 0 Å². The number of carbonyl (C=O) groups is 1. The molecule has 0 saturated heterocycles. The molecule has 0 aliphatic heterocycles. The third kappa shape index (κ3) is 2.87. The molecule has 3 nitrogen and oxygen atoms in total. The van der Waals surface area contributed by atoms with Gasteiger partial charge in [0.1, 0.15) is 0 Å². The van der Waals surface area contributed by atoms with Crippen LogP contribution in [0.2, 0.25) is 0 Å². The molecule has 0 aromatic rings. The average molecular weight is 457 g/mol. The molecular weight excluding hydrogens is 408 g/mol. The second-order valence-electron chi connectivity index (χ2n) is 15.1. The van der Waals surface area contributed by atoms with Gasteiger partial charge in [-0.15, -0.1) is 0 Å². The van der Waals surface area contributed by atoms with Gasteiger partial charge in [-0.3, -0.25) is 4.79 Å². The van der Waals surface area contributed by atoms with E-state index in [9.17, 15) is 15.0 Å². The van der Waals surface area contributed by atoms with Crippen LogP contribution in [-0.4, -0.2) is 22.3 Å². The van der Waals surface area contributed by atoms with Gasteiger partial charge in [0, 0.05) is 0 Å².